The molecule has 2 rings (SSSR count). The number of anilines is 1. The molecule has 4 nitrogen and oxygen atoms in total. The summed E-state index contributed by atoms with van der Waals surface area (Å²) in [6, 6.07) is 3.93. The van der Waals surface area contributed by atoms with E-state index in [9.17, 15) is 10.1 Å². The molecule has 0 atom stereocenters. The van der Waals surface area contributed by atoms with Crippen LogP contribution in [0.1, 0.15) is 50.7 Å². The second kappa shape index (κ2) is 5.43. The summed E-state index contributed by atoms with van der Waals surface area (Å²) in [6.07, 6.45) is 4.50. The van der Waals surface area contributed by atoms with Crippen LogP contribution in [-0.4, -0.2) is 11.0 Å². The Hall–Kier alpha value is -1.58. The van der Waals surface area contributed by atoms with E-state index >= 15 is 0 Å². The quantitative estimate of drug-likeness (QED) is 0.648. The van der Waals surface area contributed by atoms with Crippen molar-refractivity contribution in [3.05, 3.63) is 33.4 Å². The van der Waals surface area contributed by atoms with E-state index in [1.807, 2.05) is 19.9 Å². The highest BCUT2D eigenvalue weighted by molar-refractivity contribution is 5.64. The van der Waals surface area contributed by atoms with E-state index in [1.54, 1.807) is 6.07 Å². The van der Waals surface area contributed by atoms with Gasteiger partial charge in [0.25, 0.3) is 5.69 Å². The van der Waals surface area contributed by atoms with Crippen molar-refractivity contribution in [2.45, 2.75) is 59.4 Å². The van der Waals surface area contributed by atoms with E-state index in [4.69, 9.17) is 0 Å². The minimum Gasteiger partial charge on any atom is -0.377 e. The minimum atomic E-state index is -0.290. The molecule has 0 heterocycles. The lowest BCUT2D eigenvalue weighted by molar-refractivity contribution is -0.384. The fourth-order valence-electron chi connectivity index (χ4n) is 2.83. The first-order valence-electron chi connectivity index (χ1n) is 7.31. The zero-order chi connectivity index (χ0) is 14.9. The third-order valence-electron chi connectivity index (χ3n) is 4.51. The Morgan fingerprint density at radius 1 is 1.20 bits per heavy atom. The molecular weight excluding hydrogens is 252 g/mol. The van der Waals surface area contributed by atoms with Crippen LogP contribution < -0.4 is 5.32 Å². The molecule has 4 heteroatoms. The van der Waals surface area contributed by atoms with Gasteiger partial charge < -0.3 is 5.32 Å². The summed E-state index contributed by atoms with van der Waals surface area (Å²) in [4.78, 5) is 10.9. The zero-order valence-electron chi connectivity index (χ0n) is 12.8. The first-order valence-corrected chi connectivity index (χ1v) is 7.31. The maximum absolute atomic E-state index is 11.2. The monoisotopic (exact) mass is 276 g/mol. The lowest BCUT2D eigenvalue weighted by Crippen LogP contribution is -2.30. The van der Waals surface area contributed by atoms with Crippen LogP contribution in [0.25, 0.3) is 0 Å². The smallest absolute Gasteiger partial charge is 0.292 e. The average molecular weight is 276 g/mol. The molecule has 0 unspecified atom stereocenters. The van der Waals surface area contributed by atoms with Gasteiger partial charge in [-0.05, 0) is 62.1 Å². The van der Waals surface area contributed by atoms with Crippen molar-refractivity contribution in [3.8, 4) is 0 Å². The van der Waals surface area contributed by atoms with Gasteiger partial charge in [-0.15, -0.1) is 0 Å². The number of benzene rings is 1. The van der Waals surface area contributed by atoms with Gasteiger partial charge in [0, 0.05) is 12.1 Å². The van der Waals surface area contributed by atoms with Gasteiger partial charge in [-0.3, -0.25) is 10.1 Å². The summed E-state index contributed by atoms with van der Waals surface area (Å²) >= 11 is 0. The van der Waals surface area contributed by atoms with Crippen LogP contribution >= 0.6 is 0 Å². The highest BCUT2D eigenvalue weighted by atomic mass is 16.6. The second-order valence-electron chi connectivity index (χ2n) is 6.79. The maximum Gasteiger partial charge on any atom is 0.292 e. The number of aryl methyl sites for hydroxylation is 2. The summed E-state index contributed by atoms with van der Waals surface area (Å²) < 4.78 is 0. The largest absolute Gasteiger partial charge is 0.377 e. The molecule has 20 heavy (non-hydrogen) atoms. The van der Waals surface area contributed by atoms with E-state index in [1.165, 1.54) is 12.8 Å². The number of nitrogens with one attached hydrogen (secondary N) is 1. The molecule has 0 bridgehead atoms. The standard InChI is InChI=1S/C16H24N2O2/c1-11-9-14(15(18(19)20)10-12(11)2)17-13-5-7-16(3,4)8-6-13/h9-10,13,17H,5-8H2,1-4H3. The Bertz CT molecular complexity index is 513. The number of hydrogen-bond acceptors (Lipinski definition) is 3. The molecule has 0 aromatic heterocycles. The van der Waals surface area contributed by atoms with E-state index in [0.29, 0.717) is 17.1 Å². The molecule has 0 aliphatic heterocycles. The van der Waals surface area contributed by atoms with Crippen LogP contribution in [0.5, 0.6) is 0 Å². The first kappa shape index (κ1) is 14.8. The van der Waals surface area contributed by atoms with Crippen LogP contribution in [0.2, 0.25) is 0 Å². The SMILES string of the molecule is Cc1cc(NC2CCC(C)(C)CC2)c([N+](=O)[O-])cc1C. The highest BCUT2D eigenvalue weighted by Gasteiger charge is 2.28. The normalized spacial score (nSPS) is 18.8. The van der Waals surface area contributed by atoms with E-state index in [2.05, 4.69) is 19.2 Å². The molecule has 1 aromatic rings. The lowest BCUT2D eigenvalue weighted by Gasteiger charge is -2.35. The summed E-state index contributed by atoms with van der Waals surface area (Å²) in [6.45, 7) is 8.49. The van der Waals surface area contributed by atoms with Gasteiger partial charge in [0.15, 0.2) is 0 Å². The van der Waals surface area contributed by atoms with Gasteiger partial charge in [0.05, 0.1) is 4.92 Å². The number of nitro groups is 1. The first-order chi connectivity index (χ1) is 9.28. The van der Waals surface area contributed by atoms with Crippen LogP contribution in [-0.2, 0) is 0 Å². The number of hydrogen-bond donors (Lipinski definition) is 1. The number of nitrogens with zero attached hydrogens (tertiary/aromatic N) is 1. The molecule has 0 amide bonds. The third-order valence-corrected chi connectivity index (χ3v) is 4.51. The predicted molar refractivity (Wildman–Crippen MR) is 82.2 cm³/mol. The van der Waals surface area contributed by atoms with Gasteiger partial charge in [0.1, 0.15) is 5.69 Å². The van der Waals surface area contributed by atoms with Gasteiger partial charge in [-0.2, -0.15) is 0 Å². The maximum atomic E-state index is 11.2. The van der Waals surface area contributed by atoms with Crippen molar-refractivity contribution < 1.29 is 4.92 Å². The molecule has 0 radical (unpaired) electrons. The molecule has 0 saturated heterocycles. The fraction of sp³-hybridized carbons (Fsp3) is 0.625. The van der Waals surface area contributed by atoms with Crippen molar-refractivity contribution in [1.29, 1.82) is 0 Å². The van der Waals surface area contributed by atoms with E-state index in [0.717, 1.165) is 24.0 Å². The molecule has 1 aromatic carbocycles. The Labute approximate surface area is 120 Å². The van der Waals surface area contributed by atoms with Crippen LogP contribution in [0.4, 0.5) is 11.4 Å². The zero-order valence-corrected chi connectivity index (χ0v) is 12.8. The number of nitro benzene ring substituents is 1. The molecular formula is C16H24N2O2. The predicted octanol–water partition coefficient (Wildman–Crippen LogP) is 4.59. The Morgan fingerprint density at radius 2 is 1.75 bits per heavy atom. The fourth-order valence-corrected chi connectivity index (χ4v) is 2.83. The van der Waals surface area contributed by atoms with Crippen molar-refractivity contribution in [2.75, 3.05) is 5.32 Å². The van der Waals surface area contributed by atoms with E-state index < -0.39 is 0 Å². The van der Waals surface area contributed by atoms with E-state index in [-0.39, 0.29) is 10.6 Å². The molecule has 1 fully saturated rings. The Morgan fingerprint density at radius 3 is 2.30 bits per heavy atom. The molecule has 1 aliphatic carbocycles. The van der Waals surface area contributed by atoms with Crippen LogP contribution in [0, 0.1) is 29.4 Å². The van der Waals surface area contributed by atoms with Crippen molar-refractivity contribution in [2.24, 2.45) is 5.41 Å². The summed E-state index contributed by atoms with van der Waals surface area (Å²) in [5.41, 5.74) is 3.33. The lowest BCUT2D eigenvalue weighted by atomic mass is 9.75. The van der Waals surface area contributed by atoms with Crippen molar-refractivity contribution >= 4 is 11.4 Å². The van der Waals surface area contributed by atoms with Gasteiger partial charge in [0.2, 0.25) is 0 Å². The summed E-state index contributed by atoms with van der Waals surface area (Å²) in [5.74, 6) is 0. The van der Waals surface area contributed by atoms with Crippen molar-refractivity contribution in [3.63, 3.8) is 0 Å². The number of rotatable bonds is 3. The molecule has 1 aliphatic rings. The third kappa shape index (κ3) is 3.30. The van der Waals surface area contributed by atoms with Gasteiger partial charge in [-0.1, -0.05) is 13.8 Å². The molecule has 0 spiro atoms. The average Bonchev–Trinajstić information content (AvgIpc) is 2.35. The highest BCUT2D eigenvalue weighted by Crippen LogP contribution is 2.37. The second-order valence-corrected chi connectivity index (χ2v) is 6.79. The van der Waals surface area contributed by atoms with Gasteiger partial charge in [-0.25, -0.2) is 0 Å². The minimum absolute atomic E-state index is 0.193. The summed E-state index contributed by atoms with van der Waals surface area (Å²) in [7, 11) is 0. The van der Waals surface area contributed by atoms with Gasteiger partial charge >= 0.3 is 0 Å². The summed E-state index contributed by atoms with van der Waals surface area (Å²) in [5, 5.41) is 14.6. The molecule has 1 saturated carbocycles. The Kier molecular flexibility index (Phi) is 4.02. The topological polar surface area (TPSA) is 55.2 Å². The van der Waals surface area contributed by atoms with Crippen LogP contribution in [0.3, 0.4) is 0 Å². The molecule has 110 valence electrons. The molecule has 1 N–H and O–H groups in total. The van der Waals surface area contributed by atoms with Crippen LogP contribution in [0.15, 0.2) is 12.1 Å². The van der Waals surface area contributed by atoms with Crippen molar-refractivity contribution in [1.82, 2.24) is 0 Å². The Balaban J connectivity index is 2.17.